The zero-order chi connectivity index (χ0) is 22.9. The molecule has 1 heterocycles. The molecule has 32 heavy (non-hydrogen) atoms. The van der Waals surface area contributed by atoms with Gasteiger partial charge in [0.15, 0.2) is 5.75 Å². The number of hydrogen-bond donors (Lipinski definition) is 0. The van der Waals surface area contributed by atoms with Crippen LogP contribution in [-0.4, -0.2) is 44.5 Å². The number of hydrogen-bond acceptors (Lipinski definition) is 4. The Morgan fingerprint density at radius 3 is 2.34 bits per heavy atom. The van der Waals surface area contributed by atoms with Gasteiger partial charge in [0.1, 0.15) is 12.3 Å². The molecule has 8 heteroatoms. The molecule has 4 rings (SSSR count). The van der Waals surface area contributed by atoms with E-state index < -0.39 is 10.0 Å². The second-order valence-corrected chi connectivity index (χ2v) is 10.7. The normalized spacial score (nSPS) is 11.9. The maximum absolute atomic E-state index is 13.9. The molecule has 0 aliphatic heterocycles. The summed E-state index contributed by atoms with van der Waals surface area (Å²) < 4.78 is 36.1. The van der Waals surface area contributed by atoms with E-state index in [1.807, 2.05) is 49.3 Å². The van der Waals surface area contributed by atoms with Gasteiger partial charge in [-0.2, -0.15) is 0 Å². The molecule has 0 radical (unpaired) electrons. The molecule has 0 unspecified atom stereocenters. The van der Waals surface area contributed by atoms with Crippen molar-refractivity contribution < 1.29 is 13.2 Å². The van der Waals surface area contributed by atoms with Crippen LogP contribution in [0, 0.1) is 0 Å². The van der Waals surface area contributed by atoms with Crippen LogP contribution in [0.1, 0.15) is 0 Å². The number of halogens is 2. The molecule has 0 fully saturated rings. The van der Waals surface area contributed by atoms with E-state index in [9.17, 15) is 8.42 Å². The fourth-order valence-electron chi connectivity index (χ4n) is 3.49. The lowest BCUT2D eigenvalue weighted by Gasteiger charge is -2.15. The van der Waals surface area contributed by atoms with Crippen LogP contribution >= 0.6 is 27.5 Å². The van der Waals surface area contributed by atoms with E-state index >= 15 is 0 Å². The predicted molar refractivity (Wildman–Crippen MR) is 133 cm³/mol. The topological polar surface area (TPSA) is 51.5 Å². The number of rotatable bonds is 7. The van der Waals surface area contributed by atoms with Crippen molar-refractivity contribution in [3.8, 4) is 17.0 Å². The lowest BCUT2D eigenvalue weighted by Crippen LogP contribution is -2.19. The Morgan fingerprint density at radius 2 is 1.69 bits per heavy atom. The average Bonchev–Trinajstić information content (AvgIpc) is 3.08. The molecule has 0 saturated heterocycles. The molecule has 1 aromatic heterocycles. The summed E-state index contributed by atoms with van der Waals surface area (Å²) in [4.78, 5) is 2.19. The molecule has 0 bridgehead atoms. The van der Waals surface area contributed by atoms with E-state index in [2.05, 4.69) is 15.9 Å². The number of fused-ring (bicyclic) bond motifs is 1. The van der Waals surface area contributed by atoms with Gasteiger partial charge in [0.2, 0.25) is 0 Å². The van der Waals surface area contributed by atoms with E-state index in [4.69, 9.17) is 16.3 Å². The lowest BCUT2D eigenvalue weighted by atomic mass is 10.1. The van der Waals surface area contributed by atoms with Gasteiger partial charge in [0.25, 0.3) is 10.0 Å². The van der Waals surface area contributed by atoms with Crippen molar-refractivity contribution in [3.63, 3.8) is 0 Å². The van der Waals surface area contributed by atoms with E-state index in [-0.39, 0.29) is 4.90 Å². The minimum Gasteiger partial charge on any atom is -0.489 e. The first-order valence-corrected chi connectivity index (χ1v) is 12.6. The molecule has 4 aromatic rings. The Balaban J connectivity index is 2.04. The average molecular weight is 534 g/mol. The zero-order valence-corrected chi connectivity index (χ0v) is 20.8. The van der Waals surface area contributed by atoms with Crippen LogP contribution < -0.4 is 4.74 Å². The Kier molecular flexibility index (Phi) is 6.62. The molecular formula is C24H22BrClN2O3S. The third-order valence-corrected chi connectivity index (χ3v) is 7.52. The molecule has 0 amide bonds. The van der Waals surface area contributed by atoms with Gasteiger partial charge in [-0.05, 0) is 56.6 Å². The van der Waals surface area contributed by atoms with Crippen molar-refractivity contribution in [1.29, 1.82) is 0 Å². The second kappa shape index (κ2) is 9.27. The van der Waals surface area contributed by atoms with Gasteiger partial charge < -0.3 is 9.64 Å². The fourth-order valence-corrected chi connectivity index (χ4v) is 5.46. The van der Waals surface area contributed by atoms with Crippen LogP contribution in [0.4, 0.5) is 0 Å². The van der Waals surface area contributed by atoms with Crippen LogP contribution in [0.3, 0.4) is 0 Å². The number of likely N-dealkylation sites (N-methyl/N-ethyl adjacent to an activating group) is 1. The fraction of sp³-hybridized carbons (Fsp3) is 0.167. The van der Waals surface area contributed by atoms with Crippen molar-refractivity contribution in [1.82, 2.24) is 8.87 Å². The van der Waals surface area contributed by atoms with Gasteiger partial charge in [-0.25, -0.2) is 12.4 Å². The molecule has 0 atom stereocenters. The quantitative estimate of drug-likeness (QED) is 0.297. The number of ether oxygens (including phenoxy) is 1. The van der Waals surface area contributed by atoms with Crippen molar-refractivity contribution in [2.24, 2.45) is 0 Å². The molecule has 0 spiro atoms. The molecular weight excluding hydrogens is 512 g/mol. The van der Waals surface area contributed by atoms with Crippen LogP contribution in [0.25, 0.3) is 22.2 Å². The summed E-state index contributed by atoms with van der Waals surface area (Å²) in [5.74, 6) is 0.497. The highest BCUT2D eigenvalue weighted by atomic mass is 79.9. The summed E-state index contributed by atoms with van der Waals surface area (Å²) in [5.41, 5.74) is 1.72. The zero-order valence-electron chi connectivity index (χ0n) is 17.6. The Bertz CT molecular complexity index is 1350. The van der Waals surface area contributed by atoms with Crippen LogP contribution in [0.2, 0.25) is 5.02 Å². The maximum atomic E-state index is 13.9. The monoisotopic (exact) mass is 532 g/mol. The summed E-state index contributed by atoms with van der Waals surface area (Å²) in [6, 6.07) is 21.2. The Morgan fingerprint density at radius 1 is 1.00 bits per heavy atom. The highest BCUT2D eigenvalue weighted by Crippen LogP contribution is 2.43. The third-order valence-electron chi connectivity index (χ3n) is 5.02. The predicted octanol–water partition coefficient (Wildman–Crippen LogP) is 5.90. The van der Waals surface area contributed by atoms with Crippen LogP contribution in [0.15, 0.2) is 82.2 Å². The van der Waals surface area contributed by atoms with Crippen LogP contribution in [-0.2, 0) is 10.0 Å². The van der Waals surface area contributed by atoms with Gasteiger partial charge >= 0.3 is 0 Å². The van der Waals surface area contributed by atoms with Gasteiger partial charge in [0, 0.05) is 27.0 Å². The van der Waals surface area contributed by atoms with Crippen molar-refractivity contribution >= 4 is 48.5 Å². The summed E-state index contributed by atoms with van der Waals surface area (Å²) in [6.07, 6.45) is 0. The first-order valence-electron chi connectivity index (χ1n) is 9.97. The van der Waals surface area contributed by atoms with Gasteiger partial charge in [0.05, 0.1) is 10.4 Å². The summed E-state index contributed by atoms with van der Waals surface area (Å²) >= 11 is 9.68. The summed E-state index contributed by atoms with van der Waals surface area (Å²) in [7, 11) is -0.0163. The largest absolute Gasteiger partial charge is 0.489 e. The lowest BCUT2D eigenvalue weighted by molar-refractivity contribution is 0.264. The molecule has 0 aliphatic carbocycles. The van der Waals surface area contributed by atoms with E-state index in [0.29, 0.717) is 40.5 Å². The van der Waals surface area contributed by atoms with E-state index in [0.717, 1.165) is 10.0 Å². The van der Waals surface area contributed by atoms with E-state index in [1.54, 1.807) is 42.5 Å². The number of aromatic nitrogens is 1. The number of nitrogens with zero attached hydrogens (tertiary/aromatic N) is 2. The van der Waals surface area contributed by atoms with Crippen molar-refractivity contribution in [3.05, 3.63) is 82.3 Å². The molecule has 0 N–H and O–H groups in total. The maximum Gasteiger partial charge on any atom is 0.268 e. The van der Waals surface area contributed by atoms with Crippen molar-refractivity contribution in [2.45, 2.75) is 4.90 Å². The van der Waals surface area contributed by atoms with Gasteiger partial charge in [-0.1, -0.05) is 57.9 Å². The first kappa shape index (κ1) is 22.9. The first-order chi connectivity index (χ1) is 15.3. The van der Waals surface area contributed by atoms with Crippen molar-refractivity contribution in [2.75, 3.05) is 27.2 Å². The molecule has 0 aliphatic rings. The second-order valence-electron chi connectivity index (χ2n) is 7.58. The molecule has 0 saturated carbocycles. The highest BCUT2D eigenvalue weighted by Gasteiger charge is 2.29. The third kappa shape index (κ3) is 4.43. The van der Waals surface area contributed by atoms with Gasteiger partial charge in [-0.3, -0.25) is 0 Å². The molecule has 3 aromatic carbocycles. The van der Waals surface area contributed by atoms with Crippen LogP contribution in [0.5, 0.6) is 5.75 Å². The Labute approximate surface area is 201 Å². The smallest absolute Gasteiger partial charge is 0.268 e. The van der Waals surface area contributed by atoms with E-state index in [1.165, 1.54) is 3.97 Å². The SMILES string of the molecule is CN(C)CCOc1c(-c2ccccc2)n(S(=O)(=O)c2ccc(Br)cc2)c2ccc(Cl)cc12. The highest BCUT2D eigenvalue weighted by molar-refractivity contribution is 9.10. The molecule has 5 nitrogen and oxygen atoms in total. The number of benzene rings is 3. The standard InChI is InChI=1S/C24H22BrClN2O3S/c1-27(2)14-15-31-24-21-16-19(26)10-13-22(21)28(23(24)17-6-4-3-5-7-17)32(29,30)20-11-8-18(25)9-12-20/h3-13,16H,14-15H2,1-2H3. The minimum atomic E-state index is -3.93. The summed E-state index contributed by atoms with van der Waals surface area (Å²) in [6.45, 7) is 1.08. The minimum absolute atomic E-state index is 0.185. The Hall–Kier alpha value is -2.32. The molecule has 166 valence electrons. The summed E-state index contributed by atoms with van der Waals surface area (Å²) in [5, 5.41) is 1.16. The van der Waals surface area contributed by atoms with Gasteiger partial charge in [-0.15, -0.1) is 0 Å².